The van der Waals surface area contributed by atoms with Gasteiger partial charge in [0.2, 0.25) is 0 Å². The number of hydrogen-bond donors (Lipinski definition) is 0. The molecule has 1 amide bonds. The minimum absolute atomic E-state index is 0.0932. The van der Waals surface area contributed by atoms with Crippen molar-refractivity contribution in [2.75, 3.05) is 39.5 Å². The molecule has 0 aromatic heterocycles. The number of esters is 6. The van der Waals surface area contributed by atoms with Crippen LogP contribution in [0.5, 0.6) is 0 Å². The van der Waals surface area contributed by atoms with Gasteiger partial charge in [0.05, 0.1) is 0 Å². The molecule has 0 heterocycles. The molecular formula is C55H99NO14. The van der Waals surface area contributed by atoms with E-state index >= 15 is 0 Å². The molecule has 0 aliphatic heterocycles. The first-order valence-electron chi connectivity index (χ1n) is 27.6. The van der Waals surface area contributed by atoms with E-state index in [9.17, 15) is 33.6 Å². The first-order chi connectivity index (χ1) is 33.6. The van der Waals surface area contributed by atoms with Gasteiger partial charge in [-0.2, -0.15) is 0 Å². The Morgan fingerprint density at radius 2 is 0.586 bits per heavy atom. The van der Waals surface area contributed by atoms with E-state index in [-0.39, 0.29) is 90.9 Å². The average molecular weight is 998 g/mol. The Bertz CT molecular complexity index is 1230. The molecule has 0 aromatic rings. The lowest BCUT2D eigenvalue weighted by Gasteiger charge is -2.27. The molecule has 15 heteroatoms. The molecule has 0 fully saturated rings. The van der Waals surface area contributed by atoms with Crippen LogP contribution in [0, 0.1) is 0 Å². The van der Waals surface area contributed by atoms with Crippen molar-refractivity contribution in [2.45, 2.75) is 272 Å². The quantitative estimate of drug-likeness (QED) is 0.0318. The van der Waals surface area contributed by atoms with Crippen LogP contribution in [0.4, 0.5) is 4.79 Å². The summed E-state index contributed by atoms with van der Waals surface area (Å²) in [6.07, 6.45) is 22.8. The SMILES string of the molecule is CCCCCCCCC(=O)OCC(COC(=O)CCCCCCCC)OC(=O)CCCN(CCCC(=O)OC(COC(=O)CCCCCCCC)COC(=O)CCCCCCCC)C(=O)OC(C)(C)C. The van der Waals surface area contributed by atoms with Gasteiger partial charge in [0.25, 0.3) is 0 Å². The Morgan fingerprint density at radius 1 is 0.343 bits per heavy atom. The molecular weight excluding hydrogens is 899 g/mol. The summed E-state index contributed by atoms with van der Waals surface area (Å²) in [5.74, 6) is -2.89. The fourth-order valence-corrected chi connectivity index (χ4v) is 7.40. The van der Waals surface area contributed by atoms with Crippen LogP contribution in [0.15, 0.2) is 0 Å². The topological polar surface area (TPSA) is 187 Å². The van der Waals surface area contributed by atoms with Crippen molar-refractivity contribution in [1.82, 2.24) is 4.90 Å². The van der Waals surface area contributed by atoms with Crippen LogP contribution in [0.3, 0.4) is 0 Å². The number of unbranched alkanes of at least 4 members (excludes halogenated alkanes) is 20. The van der Waals surface area contributed by atoms with E-state index in [1.807, 2.05) is 0 Å². The van der Waals surface area contributed by atoms with E-state index in [0.717, 1.165) is 128 Å². The predicted octanol–water partition coefficient (Wildman–Crippen LogP) is 12.8. The molecule has 0 spiro atoms. The second-order valence-electron chi connectivity index (χ2n) is 19.7. The van der Waals surface area contributed by atoms with E-state index in [1.54, 1.807) is 20.8 Å². The van der Waals surface area contributed by atoms with Gasteiger partial charge in [0, 0.05) is 51.6 Å². The molecule has 15 nitrogen and oxygen atoms in total. The second kappa shape index (κ2) is 45.0. The number of carbonyl (C=O) groups is 7. The summed E-state index contributed by atoms with van der Waals surface area (Å²) in [7, 11) is 0. The van der Waals surface area contributed by atoms with Gasteiger partial charge in [-0.25, -0.2) is 4.79 Å². The highest BCUT2D eigenvalue weighted by atomic mass is 16.6. The average Bonchev–Trinajstić information content (AvgIpc) is 3.31. The smallest absolute Gasteiger partial charge is 0.410 e. The molecule has 0 rings (SSSR count). The Balaban J connectivity index is 5.48. The summed E-state index contributed by atoms with van der Waals surface area (Å²) in [6.45, 7) is 13.0. The van der Waals surface area contributed by atoms with Gasteiger partial charge in [-0.3, -0.25) is 28.8 Å². The van der Waals surface area contributed by atoms with E-state index in [4.69, 9.17) is 33.2 Å². The Morgan fingerprint density at radius 3 is 0.843 bits per heavy atom. The Labute approximate surface area is 423 Å². The van der Waals surface area contributed by atoms with Gasteiger partial charge in [-0.15, -0.1) is 0 Å². The first-order valence-corrected chi connectivity index (χ1v) is 27.6. The summed E-state index contributed by atoms with van der Waals surface area (Å²) >= 11 is 0. The maximum atomic E-state index is 13.3. The lowest BCUT2D eigenvalue weighted by Crippen LogP contribution is -2.38. The van der Waals surface area contributed by atoms with Crippen molar-refractivity contribution in [3.8, 4) is 0 Å². The number of nitrogens with zero attached hydrogens (tertiary/aromatic N) is 1. The summed E-state index contributed by atoms with van der Waals surface area (Å²) in [6, 6.07) is 0. The van der Waals surface area contributed by atoms with Gasteiger partial charge < -0.3 is 38.1 Å². The summed E-state index contributed by atoms with van der Waals surface area (Å²) in [5.41, 5.74) is -0.814. The molecule has 0 saturated carbocycles. The fraction of sp³-hybridized carbons (Fsp3) is 0.873. The molecule has 408 valence electrons. The van der Waals surface area contributed by atoms with Crippen LogP contribution >= 0.6 is 0 Å². The predicted molar refractivity (Wildman–Crippen MR) is 272 cm³/mol. The third-order valence-electron chi connectivity index (χ3n) is 11.5. The summed E-state index contributed by atoms with van der Waals surface area (Å²) in [5, 5.41) is 0. The molecule has 0 atom stereocenters. The van der Waals surface area contributed by atoms with Gasteiger partial charge >= 0.3 is 41.9 Å². The fourth-order valence-electron chi connectivity index (χ4n) is 7.40. The maximum Gasteiger partial charge on any atom is 0.410 e. The highest BCUT2D eigenvalue weighted by Gasteiger charge is 2.25. The van der Waals surface area contributed by atoms with Gasteiger partial charge in [-0.05, 0) is 59.3 Å². The largest absolute Gasteiger partial charge is 0.462 e. The molecule has 0 aromatic carbocycles. The zero-order chi connectivity index (χ0) is 52.1. The van der Waals surface area contributed by atoms with Gasteiger partial charge in [0.1, 0.15) is 32.0 Å². The van der Waals surface area contributed by atoms with Crippen molar-refractivity contribution in [1.29, 1.82) is 0 Å². The van der Waals surface area contributed by atoms with E-state index < -0.39 is 59.7 Å². The summed E-state index contributed by atoms with van der Waals surface area (Å²) < 4.78 is 38.8. The van der Waals surface area contributed by atoms with Crippen LogP contribution in [-0.2, 0) is 61.9 Å². The lowest BCUT2D eigenvalue weighted by molar-refractivity contribution is -0.167. The second-order valence-corrected chi connectivity index (χ2v) is 19.7. The molecule has 0 aliphatic rings. The van der Waals surface area contributed by atoms with Gasteiger partial charge in [-0.1, -0.05) is 156 Å². The normalized spacial score (nSPS) is 11.3. The van der Waals surface area contributed by atoms with E-state index in [1.165, 1.54) is 4.90 Å². The van der Waals surface area contributed by atoms with E-state index in [0.29, 0.717) is 25.7 Å². The molecule has 0 saturated heterocycles. The molecule has 0 aliphatic carbocycles. The van der Waals surface area contributed by atoms with Crippen LogP contribution in [0.2, 0.25) is 0 Å². The first kappa shape index (κ1) is 66.1. The van der Waals surface area contributed by atoms with Crippen molar-refractivity contribution in [3.05, 3.63) is 0 Å². The van der Waals surface area contributed by atoms with Crippen LogP contribution in [-0.4, -0.2) is 104 Å². The zero-order valence-electron chi connectivity index (χ0n) is 45.2. The summed E-state index contributed by atoms with van der Waals surface area (Å²) in [4.78, 5) is 91.2. The highest BCUT2D eigenvalue weighted by Crippen LogP contribution is 2.15. The lowest BCUT2D eigenvalue weighted by atomic mass is 10.1. The zero-order valence-corrected chi connectivity index (χ0v) is 45.2. The molecule has 0 bridgehead atoms. The molecule has 70 heavy (non-hydrogen) atoms. The highest BCUT2D eigenvalue weighted by molar-refractivity contribution is 5.73. The minimum atomic E-state index is -1.00. The number of ether oxygens (including phenoxy) is 7. The van der Waals surface area contributed by atoms with Crippen molar-refractivity contribution >= 4 is 41.9 Å². The monoisotopic (exact) mass is 998 g/mol. The van der Waals surface area contributed by atoms with Gasteiger partial charge in [0.15, 0.2) is 12.2 Å². The van der Waals surface area contributed by atoms with Crippen LogP contribution in [0.1, 0.15) is 254 Å². The Kier molecular flexibility index (Phi) is 42.5. The molecule has 0 unspecified atom stereocenters. The van der Waals surface area contributed by atoms with Crippen LogP contribution in [0.25, 0.3) is 0 Å². The number of amides is 1. The van der Waals surface area contributed by atoms with Crippen molar-refractivity contribution < 1.29 is 66.7 Å². The minimum Gasteiger partial charge on any atom is -0.462 e. The third-order valence-corrected chi connectivity index (χ3v) is 11.5. The molecule has 0 radical (unpaired) electrons. The maximum absolute atomic E-state index is 13.3. The van der Waals surface area contributed by atoms with Crippen molar-refractivity contribution in [2.24, 2.45) is 0 Å². The standard InChI is InChI=1S/C55H99NO14/c1-8-12-16-20-24-28-34-48(57)64-42-46(43-65-49(58)35-29-25-21-17-13-9-2)68-52(61)38-32-40-56(54(63)70-55(5,6)7)41-33-39-53(62)69-47(44-66-50(59)36-30-26-22-18-14-10-3)45-67-51(60)37-31-27-23-19-15-11-4/h46-47H,8-45H2,1-7H3. The van der Waals surface area contributed by atoms with Crippen LogP contribution < -0.4 is 0 Å². The Hall–Kier alpha value is -3.91. The van der Waals surface area contributed by atoms with Crippen molar-refractivity contribution in [3.63, 3.8) is 0 Å². The number of hydrogen-bond acceptors (Lipinski definition) is 14. The van der Waals surface area contributed by atoms with E-state index in [2.05, 4.69) is 27.7 Å². The number of rotatable bonds is 46. The molecule has 0 N–H and O–H groups in total. The third kappa shape index (κ3) is 42.9. The number of carbonyl (C=O) groups excluding carboxylic acids is 7.